The summed E-state index contributed by atoms with van der Waals surface area (Å²) in [4.78, 5) is 24.2. The van der Waals surface area contributed by atoms with E-state index in [9.17, 15) is 9.59 Å². The molecule has 1 fully saturated rings. The summed E-state index contributed by atoms with van der Waals surface area (Å²) in [6.07, 6.45) is 6.17. The SMILES string of the molecule is CCN(C(=O)NCCCCC(=O)O)C1CCCC1. The molecule has 0 spiro atoms. The van der Waals surface area contributed by atoms with Crippen LogP contribution in [0.1, 0.15) is 51.9 Å². The molecule has 0 aromatic rings. The molecule has 0 atom stereocenters. The van der Waals surface area contributed by atoms with Gasteiger partial charge in [-0.15, -0.1) is 0 Å². The van der Waals surface area contributed by atoms with Gasteiger partial charge in [0.2, 0.25) is 0 Å². The number of amides is 2. The Morgan fingerprint density at radius 2 is 1.94 bits per heavy atom. The van der Waals surface area contributed by atoms with Crippen LogP contribution in [-0.4, -0.2) is 41.1 Å². The van der Waals surface area contributed by atoms with Gasteiger partial charge in [0.15, 0.2) is 0 Å². The minimum absolute atomic E-state index is 0.000255. The number of carboxylic acids is 1. The first-order valence-electron chi connectivity index (χ1n) is 6.91. The number of rotatable bonds is 7. The lowest BCUT2D eigenvalue weighted by molar-refractivity contribution is -0.137. The fourth-order valence-electron chi connectivity index (χ4n) is 2.48. The molecule has 0 aromatic carbocycles. The van der Waals surface area contributed by atoms with Crippen LogP contribution >= 0.6 is 0 Å². The average Bonchev–Trinajstić information content (AvgIpc) is 2.83. The summed E-state index contributed by atoms with van der Waals surface area (Å²) in [6, 6.07) is 0.397. The highest BCUT2D eigenvalue weighted by Crippen LogP contribution is 2.23. The third-order valence-corrected chi connectivity index (χ3v) is 3.46. The predicted octanol–water partition coefficient (Wildman–Crippen LogP) is 2.22. The van der Waals surface area contributed by atoms with Gasteiger partial charge < -0.3 is 15.3 Å². The maximum atomic E-state index is 12.0. The fourth-order valence-corrected chi connectivity index (χ4v) is 2.48. The van der Waals surface area contributed by atoms with Crippen LogP contribution in [0, 0.1) is 0 Å². The van der Waals surface area contributed by atoms with Gasteiger partial charge in [-0.05, 0) is 32.6 Å². The van der Waals surface area contributed by atoms with E-state index in [-0.39, 0.29) is 12.5 Å². The number of carbonyl (C=O) groups excluding carboxylic acids is 1. The molecule has 2 amide bonds. The Morgan fingerprint density at radius 3 is 2.50 bits per heavy atom. The molecule has 0 unspecified atom stereocenters. The first-order valence-corrected chi connectivity index (χ1v) is 6.91. The van der Waals surface area contributed by atoms with Crippen LogP contribution in [0.3, 0.4) is 0 Å². The molecule has 1 aliphatic rings. The molecule has 5 heteroatoms. The van der Waals surface area contributed by atoms with Crippen molar-refractivity contribution < 1.29 is 14.7 Å². The lowest BCUT2D eigenvalue weighted by Gasteiger charge is -2.27. The molecule has 5 nitrogen and oxygen atoms in total. The van der Waals surface area contributed by atoms with Crippen molar-refractivity contribution in [3.8, 4) is 0 Å². The van der Waals surface area contributed by atoms with E-state index in [0.29, 0.717) is 19.0 Å². The van der Waals surface area contributed by atoms with E-state index in [1.807, 2.05) is 11.8 Å². The largest absolute Gasteiger partial charge is 0.481 e. The molecule has 0 saturated heterocycles. The second-order valence-electron chi connectivity index (χ2n) is 4.81. The molecule has 1 rings (SSSR count). The summed E-state index contributed by atoms with van der Waals surface area (Å²) < 4.78 is 0. The monoisotopic (exact) mass is 256 g/mol. The second kappa shape index (κ2) is 7.95. The molecule has 0 heterocycles. The third kappa shape index (κ3) is 4.94. The summed E-state index contributed by atoms with van der Waals surface area (Å²) in [5.74, 6) is -0.775. The number of hydrogen-bond acceptors (Lipinski definition) is 2. The van der Waals surface area contributed by atoms with E-state index >= 15 is 0 Å². The molecule has 0 aromatic heterocycles. The Labute approximate surface area is 109 Å². The number of nitrogens with one attached hydrogen (secondary N) is 1. The summed E-state index contributed by atoms with van der Waals surface area (Å²) in [6.45, 7) is 3.31. The third-order valence-electron chi connectivity index (χ3n) is 3.46. The fraction of sp³-hybridized carbons (Fsp3) is 0.846. The van der Waals surface area contributed by atoms with Crippen LogP contribution < -0.4 is 5.32 Å². The van der Waals surface area contributed by atoms with Crippen molar-refractivity contribution in [3.05, 3.63) is 0 Å². The van der Waals surface area contributed by atoms with E-state index < -0.39 is 5.97 Å². The van der Waals surface area contributed by atoms with E-state index in [1.54, 1.807) is 0 Å². The molecule has 1 aliphatic carbocycles. The van der Waals surface area contributed by atoms with Crippen LogP contribution in [0.5, 0.6) is 0 Å². The number of nitrogens with zero attached hydrogens (tertiary/aromatic N) is 1. The van der Waals surface area contributed by atoms with Gasteiger partial charge in [-0.1, -0.05) is 12.8 Å². The van der Waals surface area contributed by atoms with Gasteiger partial charge in [-0.3, -0.25) is 4.79 Å². The maximum Gasteiger partial charge on any atom is 0.317 e. The number of aliphatic carboxylic acids is 1. The van der Waals surface area contributed by atoms with Gasteiger partial charge in [0.05, 0.1) is 0 Å². The van der Waals surface area contributed by atoms with Gasteiger partial charge in [0.1, 0.15) is 0 Å². The minimum atomic E-state index is -0.775. The molecule has 1 saturated carbocycles. The van der Waals surface area contributed by atoms with E-state index in [0.717, 1.165) is 25.8 Å². The summed E-state index contributed by atoms with van der Waals surface area (Å²) in [7, 11) is 0. The normalized spacial score (nSPS) is 15.6. The van der Waals surface area contributed by atoms with E-state index in [1.165, 1.54) is 12.8 Å². The molecule has 0 aliphatic heterocycles. The Bertz CT molecular complexity index is 275. The topological polar surface area (TPSA) is 69.6 Å². The van der Waals surface area contributed by atoms with Gasteiger partial charge >= 0.3 is 12.0 Å². The number of urea groups is 1. The van der Waals surface area contributed by atoms with Crippen molar-refractivity contribution in [1.29, 1.82) is 0 Å². The summed E-state index contributed by atoms with van der Waals surface area (Å²) in [5.41, 5.74) is 0. The predicted molar refractivity (Wildman–Crippen MR) is 69.5 cm³/mol. The number of hydrogen-bond donors (Lipinski definition) is 2. The zero-order chi connectivity index (χ0) is 13.4. The van der Waals surface area contributed by atoms with Crippen LogP contribution in [0.25, 0.3) is 0 Å². The number of unbranched alkanes of at least 4 members (excludes halogenated alkanes) is 1. The Hall–Kier alpha value is -1.26. The quantitative estimate of drug-likeness (QED) is 0.686. The van der Waals surface area contributed by atoms with Gasteiger partial charge in [-0.25, -0.2) is 4.79 Å². The average molecular weight is 256 g/mol. The van der Waals surface area contributed by atoms with Crippen molar-refractivity contribution in [1.82, 2.24) is 10.2 Å². The lowest BCUT2D eigenvalue weighted by Crippen LogP contribution is -2.45. The molecule has 2 N–H and O–H groups in total. The van der Waals surface area contributed by atoms with Crippen LogP contribution in [0.15, 0.2) is 0 Å². The van der Waals surface area contributed by atoms with Crippen LogP contribution in [-0.2, 0) is 4.79 Å². The van der Waals surface area contributed by atoms with E-state index in [2.05, 4.69) is 5.32 Å². The first kappa shape index (κ1) is 14.8. The first-order chi connectivity index (χ1) is 8.65. The van der Waals surface area contributed by atoms with Crippen molar-refractivity contribution in [2.75, 3.05) is 13.1 Å². The number of carboxylic acid groups (broad SMARTS) is 1. The molecule has 104 valence electrons. The van der Waals surface area contributed by atoms with E-state index in [4.69, 9.17) is 5.11 Å². The molecule has 18 heavy (non-hydrogen) atoms. The number of carbonyl (C=O) groups is 2. The van der Waals surface area contributed by atoms with Gasteiger partial charge in [0.25, 0.3) is 0 Å². The second-order valence-corrected chi connectivity index (χ2v) is 4.81. The summed E-state index contributed by atoms with van der Waals surface area (Å²) in [5, 5.41) is 11.4. The molecular weight excluding hydrogens is 232 g/mol. The van der Waals surface area contributed by atoms with Gasteiger partial charge in [0, 0.05) is 25.6 Å². The van der Waals surface area contributed by atoms with Crippen molar-refractivity contribution in [2.24, 2.45) is 0 Å². The lowest BCUT2D eigenvalue weighted by atomic mass is 10.2. The Morgan fingerprint density at radius 1 is 1.28 bits per heavy atom. The maximum absolute atomic E-state index is 12.0. The highest BCUT2D eigenvalue weighted by atomic mass is 16.4. The summed E-state index contributed by atoms with van der Waals surface area (Å²) >= 11 is 0. The standard InChI is InChI=1S/C13H24N2O3/c1-2-15(11-7-3-4-8-11)13(18)14-10-6-5-9-12(16)17/h11H,2-10H2,1H3,(H,14,18)(H,16,17). The molecule has 0 bridgehead atoms. The molecule has 0 radical (unpaired) electrons. The smallest absolute Gasteiger partial charge is 0.317 e. The van der Waals surface area contributed by atoms with Crippen LogP contribution in [0.2, 0.25) is 0 Å². The minimum Gasteiger partial charge on any atom is -0.481 e. The Balaban J connectivity index is 2.19. The zero-order valence-corrected chi connectivity index (χ0v) is 11.2. The highest BCUT2D eigenvalue weighted by Gasteiger charge is 2.24. The Kier molecular flexibility index (Phi) is 6.54. The van der Waals surface area contributed by atoms with Gasteiger partial charge in [-0.2, -0.15) is 0 Å². The zero-order valence-electron chi connectivity index (χ0n) is 11.2. The highest BCUT2D eigenvalue weighted by molar-refractivity contribution is 5.74. The van der Waals surface area contributed by atoms with Crippen LogP contribution in [0.4, 0.5) is 4.79 Å². The van der Waals surface area contributed by atoms with Crippen molar-refractivity contribution in [3.63, 3.8) is 0 Å². The van der Waals surface area contributed by atoms with Crippen molar-refractivity contribution in [2.45, 2.75) is 57.9 Å². The van der Waals surface area contributed by atoms with Crippen molar-refractivity contribution >= 4 is 12.0 Å². The molecular formula is C13H24N2O3.